The van der Waals surface area contributed by atoms with Crippen LogP contribution in [0.3, 0.4) is 0 Å². The van der Waals surface area contributed by atoms with E-state index in [9.17, 15) is 5.11 Å². The van der Waals surface area contributed by atoms with E-state index < -0.39 is 0 Å². The van der Waals surface area contributed by atoms with Crippen LogP contribution in [0.1, 0.15) is 35.5 Å². The Bertz CT molecular complexity index is 534. The van der Waals surface area contributed by atoms with E-state index in [4.69, 9.17) is 4.74 Å². The predicted octanol–water partition coefficient (Wildman–Crippen LogP) is 2.66. The van der Waals surface area contributed by atoms with E-state index in [-0.39, 0.29) is 12.7 Å². The molecule has 2 rings (SSSR count). The molecule has 1 heterocycles. The number of nitrogens with zero attached hydrogens (tertiary/aromatic N) is 1. The number of hydrogen-bond donors (Lipinski definition) is 2. The summed E-state index contributed by atoms with van der Waals surface area (Å²) < 4.78 is 5.89. The van der Waals surface area contributed by atoms with Crippen molar-refractivity contribution in [2.75, 3.05) is 0 Å². The zero-order valence-corrected chi connectivity index (χ0v) is 10.9. The normalized spacial score (nSPS) is 12.4. The van der Waals surface area contributed by atoms with E-state index in [0.29, 0.717) is 0 Å². The fourth-order valence-corrected chi connectivity index (χ4v) is 1.94. The van der Waals surface area contributed by atoms with Gasteiger partial charge in [0.05, 0.1) is 6.61 Å². The second-order valence-corrected chi connectivity index (χ2v) is 4.40. The first-order chi connectivity index (χ1) is 8.63. The van der Waals surface area contributed by atoms with Crippen LogP contribution in [0, 0.1) is 13.8 Å². The van der Waals surface area contributed by atoms with Gasteiger partial charge in [0.25, 0.3) is 0 Å². The van der Waals surface area contributed by atoms with Crippen molar-refractivity contribution in [1.29, 1.82) is 0 Å². The van der Waals surface area contributed by atoms with Crippen molar-refractivity contribution in [2.24, 2.45) is 0 Å². The average Bonchev–Trinajstić information content (AvgIpc) is 2.73. The molecule has 0 spiro atoms. The average molecular weight is 246 g/mol. The van der Waals surface area contributed by atoms with Crippen LogP contribution < -0.4 is 4.74 Å². The lowest BCUT2D eigenvalue weighted by atomic mass is 10.1. The van der Waals surface area contributed by atoms with Crippen LogP contribution in [-0.4, -0.2) is 15.3 Å². The van der Waals surface area contributed by atoms with E-state index >= 15 is 0 Å². The number of ether oxygens (including phenoxy) is 1. The highest BCUT2D eigenvalue weighted by atomic mass is 16.5. The Kier molecular flexibility index (Phi) is 3.67. The summed E-state index contributed by atoms with van der Waals surface area (Å²) >= 11 is 0. The van der Waals surface area contributed by atoms with Gasteiger partial charge in [0.2, 0.25) is 0 Å². The Labute approximate surface area is 107 Å². The van der Waals surface area contributed by atoms with E-state index in [1.165, 1.54) is 0 Å². The molecule has 18 heavy (non-hydrogen) atoms. The van der Waals surface area contributed by atoms with Crippen LogP contribution in [0.15, 0.2) is 24.3 Å². The standard InChI is InChI=1S/C14H18N2O2/c1-9-6-4-5-7-13(9)18-11(3)14-12(8-17)10(2)15-16-14/h4-7,11,17H,8H2,1-3H3,(H,15,16). The molecule has 0 fully saturated rings. The highest BCUT2D eigenvalue weighted by molar-refractivity contribution is 5.33. The van der Waals surface area contributed by atoms with Gasteiger partial charge in [-0.05, 0) is 32.4 Å². The van der Waals surface area contributed by atoms with Crippen molar-refractivity contribution in [3.8, 4) is 5.75 Å². The maximum Gasteiger partial charge on any atom is 0.140 e. The fraction of sp³-hybridized carbons (Fsp3) is 0.357. The summed E-state index contributed by atoms with van der Waals surface area (Å²) in [5.41, 5.74) is 3.55. The number of hydrogen-bond acceptors (Lipinski definition) is 3. The quantitative estimate of drug-likeness (QED) is 0.872. The maximum atomic E-state index is 9.34. The zero-order chi connectivity index (χ0) is 13.1. The number of aliphatic hydroxyl groups excluding tert-OH is 1. The molecular weight excluding hydrogens is 228 g/mol. The molecule has 0 saturated carbocycles. The third-order valence-corrected chi connectivity index (χ3v) is 3.05. The lowest BCUT2D eigenvalue weighted by Gasteiger charge is -2.15. The molecule has 1 atom stereocenters. The molecule has 0 saturated heterocycles. The van der Waals surface area contributed by atoms with Crippen molar-refractivity contribution in [2.45, 2.75) is 33.5 Å². The molecular formula is C14H18N2O2. The van der Waals surface area contributed by atoms with E-state index in [1.807, 2.05) is 45.0 Å². The van der Waals surface area contributed by atoms with Gasteiger partial charge in [-0.25, -0.2) is 0 Å². The number of H-pyrrole nitrogens is 1. The molecule has 1 unspecified atom stereocenters. The molecule has 2 N–H and O–H groups in total. The number of aromatic nitrogens is 2. The number of benzene rings is 1. The smallest absolute Gasteiger partial charge is 0.140 e. The monoisotopic (exact) mass is 246 g/mol. The first-order valence-electron chi connectivity index (χ1n) is 6.00. The molecule has 2 aromatic rings. The van der Waals surface area contributed by atoms with Gasteiger partial charge >= 0.3 is 0 Å². The van der Waals surface area contributed by atoms with Crippen LogP contribution in [0.2, 0.25) is 0 Å². The zero-order valence-electron chi connectivity index (χ0n) is 10.9. The number of aliphatic hydroxyl groups is 1. The number of rotatable bonds is 4. The Morgan fingerprint density at radius 1 is 1.33 bits per heavy atom. The van der Waals surface area contributed by atoms with Gasteiger partial charge in [-0.15, -0.1) is 0 Å². The van der Waals surface area contributed by atoms with Crippen molar-refractivity contribution < 1.29 is 9.84 Å². The Morgan fingerprint density at radius 3 is 2.72 bits per heavy atom. The van der Waals surface area contributed by atoms with Crippen molar-refractivity contribution in [1.82, 2.24) is 10.2 Å². The van der Waals surface area contributed by atoms with Crippen LogP contribution >= 0.6 is 0 Å². The van der Waals surface area contributed by atoms with Crippen molar-refractivity contribution >= 4 is 0 Å². The largest absolute Gasteiger partial charge is 0.484 e. The lowest BCUT2D eigenvalue weighted by molar-refractivity contribution is 0.213. The number of aryl methyl sites for hydroxylation is 2. The highest BCUT2D eigenvalue weighted by Gasteiger charge is 2.17. The molecule has 1 aromatic heterocycles. The van der Waals surface area contributed by atoms with Crippen LogP contribution in [0.25, 0.3) is 0 Å². The molecule has 0 bridgehead atoms. The first kappa shape index (κ1) is 12.6. The predicted molar refractivity (Wildman–Crippen MR) is 69.5 cm³/mol. The fourth-order valence-electron chi connectivity index (χ4n) is 1.94. The number of nitrogens with one attached hydrogen (secondary N) is 1. The SMILES string of the molecule is Cc1ccccc1OC(C)c1n[nH]c(C)c1CO. The molecule has 0 aliphatic carbocycles. The Morgan fingerprint density at radius 2 is 2.06 bits per heavy atom. The molecule has 0 aliphatic rings. The number of aromatic amines is 1. The van der Waals surface area contributed by atoms with E-state index in [1.54, 1.807) is 0 Å². The van der Waals surface area contributed by atoms with Gasteiger partial charge in [0, 0.05) is 11.3 Å². The second-order valence-electron chi connectivity index (χ2n) is 4.40. The second kappa shape index (κ2) is 5.23. The summed E-state index contributed by atoms with van der Waals surface area (Å²) in [7, 11) is 0. The Balaban J connectivity index is 2.22. The van der Waals surface area contributed by atoms with E-state index in [2.05, 4.69) is 10.2 Å². The van der Waals surface area contributed by atoms with Gasteiger partial charge in [-0.1, -0.05) is 18.2 Å². The van der Waals surface area contributed by atoms with Crippen molar-refractivity contribution in [3.63, 3.8) is 0 Å². The van der Waals surface area contributed by atoms with Crippen molar-refractivity contribution in [3.05, 3.63) is 46.8 Å². The summed E-state index contributed by atoms with van der Waals surface area (Å²) in [5, 5.41) is 16.4. The molecule has 0 radical (unpaired) electrons. The maximum absolute atomic E-state index is 9.34. The number of para-hydroxylation sites is 1. The van der Waals surface area contributed by atoms with Gasteiger partial charge in [-0.2, -0.15) is 5.10 Å². The third kappa shape index (κ3) is 2.38. The minimum absolute atomic E-state index is 0.0286. The Hall–Kier alpha value is -1.81. The topological polar surface area (TPSA) is 58.1 Å². The summed E-state index contributed by atoms with van der Waals surface area (Å²) in [5.74, 6) is 0.842. The van der Waals surface area contributed by atoms with Gasteiger partial charge in [0.15, 0.2) is 0 Å². The van der Waals surface area contributed by atoms with Crippen LogP contribution in [0.5, 0.6) is 5.75 Å². The molecule has 4 nitrogen and oxygen atoms in total. The summed E-state index contributed by atoms with van der Waals surface area (Å²) in [6, 6.07) is 7.86. The summed E-state index contributed by atoms with van der Waals surface area (Å²) in [6.45, 7) is 5.80. The first-order valence-corrected chi connectivity index (χ1v) is 6.00. The summed E-state index contributed by atoms with van der Waals surface area (Å²) in [6.07, 6.45) is -0.196. The molecule has 4 heteroatoms. The molecule has 0 aliphatic heterocycles. The van der Waals surface area contributed by atoms with Crippen LogP contribution in [0.4, 0.5) is 0 Å². The van der Waals surface area contributed by atoms with Crippen LogP contribution in [-0.2, 0) is 6.61 Å². The minimum Gasteiger partial charge on any atom is -0.484 e. The molecule has 96 valence electrons. The van der Waals surface area contributed by atoms with Gasteiger partial charge < -0.3 is 9.84 Å². The highest BCUT2D eigenvalue weighted by Crippen LogP contribution is 2.26. The van der Waals surface area contributed by atoms with Gasteiger partial charge in [0.1, 0.15) is 17.5 Å². The molecule has 0 amide bonds. The van der Waals surface area contributed by atoms with Gasteiger partial charge in [-0.3, -0.25) is 5.10 Å². The third-order valence-electron chi connectivity index (χ3n) is 3.05. The minimum atomic E-state index is -0.196. The molecule has 1 aromatic carbocycles. The lowest BCUT2D eigenvalue weighted by Crippen LogP contribution is -2.07. The summed E-state index contributed by atoms with van der Waals surface area (Å²) in [4.78, 5) is 0. The van der Waals surface area contributed by atoms with E-state index in [0.717, 1.165) is 28.3 Å².